The summed E-state index contributed by atoms with van der Waals surface area (Å²) in [5, 5.41) is 0. The Morgan fingerprint density at radius 3 is 2.35 bits per heavy atom. The van der Waals surface area contributed by atoms with Gasteiger partial charge in [-0.25, -0.2) is 0 Å². The molecule has 4 heteroatoms. The summed E-state index contributed by atoms with van der Waals surface area (Å²) in [7, 11) is 0. The molecule has 0 unspecified atom stereocenters. The van der Waals surface area contributed by atoms with Crippen LogP contribution in [0, 0.1) is 0 Å². The van der Waals surface area contributed by atoms with Crippen molar-refractivity contribution < 1.29 is 14.3 Å². The fourth-order valence-corrected chi connectivity index (χ4v) is 1.54. The van der Waals surface area contributed by atoms with Crippen LogP contribution in [-0.4, -0.2) is 18.0 Å². The molecule has 2 atom stereocenters. The second-order valence-electron chi connectivity index (χ2n) is 3.85. The highest BCUT2D eigenvalue weighted by atomic mass is 16.5. The molecule has 0 aliphatic rings. The third-order valence-electron chi connectivity index (χ3n) is 2.59. The lowest BCUT2D eigenvalue weighted by Crippen LogP contribution is -2.32. The van der Waals surface area contributed by atoms with Crippen LogP contribution in [0.5, 0.6) is 0 Å². The standard InChI is InChI=1S/C13H17NO3/c1-3-11(10-7-5-4-6-8-10)13(16)17-9(2)12(14)15/h4-9,11H,3H2,1-2H3,(H2,14,15)/t9-,11+/m1/s1. The van der Waals surface area contributed by atoms with Crippen molar-refractivity contribution in [3.63, 3.8) is 0 Å². The Balaban J connectivity index is 2.75. The van der Waals surface area contributed by atoms with Gasteiger partial charge in [-0.05, 0) is 18.9 Å². The Morgan fingerprint density at radius 2 is 1.88 bits per heavy atom. The number of benzene rings is 1. The minimum atomic E-state index is -0.889. The van der Waals surface area contributed by atoms with Crippen LogP contribution in [0.3, 0.4) is 0 Å². The maximum Gasteiger partial charge on any atom is 0.314 e. The van der Waals surface area contributed by atoms with Crippen molar-refractivity contribution in [2.45, 2.75) is 32.3 Å². The minimum Gasteiger partial charge on any atom is -0.452 e. The second kappa shape index (κ2) is 6.03. The van der Waals surface area contributed by atoms with Gasteiger partial charge in [0.25, 0.3) is 5.91 Å². The maximum atomic E-state index is 11.9. The average molecular weight is 235 g/mol. The molecule has 4 nitrogen and oxygen atoms in total. The third kappa shape index (κ3) is 3.59. The maximum absolute atomic E-state index is 11.9. The summed E-state index contributed by atoms with van der Waals surface area (Å²) >= 11 is 0. The van der Waals surface area contributed by atoms with Gasteiger partial charge in [0, 0.05) is 0 Å². The van der Waals surface area contributed by atoms with E-state index in [1.54, 1.807) is 0 Å². The smallest absolute Gasteiger partial charge is 0.314 e. The number of hydrogen-bond donors (Lipinski definition) is 1. The fraction of sp³-hybridized carbons (Fsp3) is 0.385. The molecule has 0 saturated carbocycles. The van der Waals surface area contributed by atoms with Crippen molar-refractivity contribution in [3.05, 3.63) is 35.9 Å². The molecule has 1 aromatic rings. The number of primary amides is 1. The zero-order valence-electron chi connectivity index (χ0n) is 10.1. The Morgan fingerprint density at radius 1 is 1.29 bits per heavy atom. The van der Waals surface area contributed by atoms with Crippen LogP contribution in [0.4, 0.5) is 0 Å². The second-order valence-corrected chi connectivity index (χ2v) is 3.85. The third-order valence-corrected chi connectivity index (χ3v) is 2.59. The molecule has 1 rings (SSSR count). The highest BCUT2D eigenvalue weighted by molar-refractivity contribution is 5.84. The summed E-state index contributed by atoms with van der Waals surface area (Å²) in [6.45, 7) is 3.37. The molecule has 2 N–H and O–H groups in total. The lowest BCUT2D eigenvalue weighted by molar-refractivity contribution is -0.155. The number of nitrogens with two attached hydrogens (primary N) is 1. The number of rotatable bonds is 5. The molecule has 0 saturated heterocycles. The molecule has 92 valence electrons. The molecule has 0 aliphatic carbocycles. The first-order valence-corrected chi connectivity index (χ1v) is 5.61. The molecule has 1 aromatic carbocycles. The van der Waals surface area contributed by atoms with Gasteiger partial charge in [0.1, 0.15) is 0 Å². The van der Waals surface area contributed by atoms with Gasteiger partial charge >= 0.3 is 5.97 Å². The Kier molecular flexibility index (Phi) is 4.69. The van der Waals surface area contributed by atoms with Crippen molar-refractivity contribution in [2.24, 2.45) is 5.73 Å². The highest BCUT2D eigenvalue weighted by Gasteiger charge is 2.23. The zero-order valence-corrected chi connectivity index (χ0v) is 10.1. The van der Waals surface area contributed by atoms with E-state index in [-0.39, 0.29) is 5.92 Å². The minimum absolute atomic E-state index is 0.349. The van der Waals surface area contributed by atoms with Crippen LogP contribution in [0.2, 0.25) is 0 Å². The van der Waals surface area contributed by atoms with Crippen molar-refractivity contribution in [3.8, 4) is 0 Å². The van der Waals surface area contributed by atoms with Gasteiger partial charge in [0.2, 0.25) is 0 Å². The SMILES string of the molecule is CC[C@H](C(=O)O[C@H](C)C(N)=O)c1ccccc1. The first-order valence-electron chi connectivity index (χ1n) is 5.61. The normalized spacial score (nSPS) is 13.8. The highest BCUT2D eigenvalue weighted by Crippen LogP contribution is 2.21. The summed E-state index contributed by atoms with van der Waals surface area (Å²) in [6.07, 6.45) is -0.269. The van der Waals surface area contributed by atoms with Gasteiger partial charge in [0.15, 0.2) is 6.10 Å². The Hall–Kier alpha value is -1.84. The van der Waals surface area contributed by atoms with Gasteiger partial charge in [-0.15, -0.1) is 0 Å². The molecule has 0 bridgehead atoms. The summed E-state index contributed by atoms with van der Waals surface area (Å²) in [4.78, 5) is 22.7. The number of ether oxygens (including phenoxy) is 1. The van der Waals surface area contributed by atoms with E-state index in [4.69, 9.17) is 10.5 Å². The van der Waals surface area contributed by atoms with Gasteiger partial charge in [0.05, 0.1) is 5.92 Å². The summed E-state index contributed by atoms with van der Waals surface area (Å²) in [6, 6.07) is 9.34. The van der Waals surface area contributed by atoms with E-state index in [0.29, 0.717) is 6.42 Å². The first-order chi connectivity index (χ1) is 8.06. The number of carbonyl (C=O) groups excluding carboxylic acids is 2. The lowest BCUT2D eigenvalue weighted by Gasteiger charge is -2.16. The number of esters is 1. The van der Waals surface area contributed by atoms with Crippen molar-refractivity contribution >= 4 is 11.9 Å². The van der Waals surface area contributed by atoms with Crippen LogP contribution >= 0.6 is 0 Å². The zero-order chi connectivity index (χ0) is 12.8. The Labute approximate surface area is 101 Å². The van der Waals surface area contributed by atoms with Crippen LogP contribution in [-0.2, 0) is 14.3 Å². The predicted molar refractivity (Wildman–Crippen MR) is 64.2 cm³/mol. The quantitative estimate of drug-likeness (QED) is 0.788. The topological polar surface area (TPSA) is 69.4 Å². The molecule has 0 spiro atoms. The van der Waals surface area contributed by atoms with E-state index in [2.05, 4.69) is 0 Å². The summed E-state index contributed by atoms with van der Waals surface area (Å²) in [5.41, 5.74) is 5.93. The van der Waals surface area contributed by atoms with E-state index < -0.39 is 18.0 Å². The van der Waals surface area contributed by atoms with Crippen LogP contribution < -0.4 is 5.73 Å². The average Bonchev–Trinajstić information content (AvgIpc) is 2.31. The van der Waals surface area contributed by atoms with E-state index in [1.807, 2.05) is 37.3 Å². The molecule has 17 heavy (non-hydrogen) atoms. The van der Waals surface area contributed by atoms with Gasteiger partial charge in [-0.1, -0.05) is 37.3 Å². The summed E-state index contributed by atoms with van der Waals surface area (Å²) < 4.78 is 5.01. The largest absolute Gasteiger partial charge is 0.452 e. The summed E-state index contributed by atoms with van der Waals surface area (Å²) in [5.74, 6) is -1.40. The molecular weight excluding hydrogens is 218 g/mol. The van der Waals surface area contributed by atoms with Crippen molar-refractivity contribution in [1.82, 2.24) is 0 Å². The number of carbonyl (C=O) groups is 2. The van der Waals surface area contributed by atoms with E-state index >= 15 is 0 Å². The van der Waals surface area contributed by atoms with Crippen LogP contribution in [0.1, 0.15) is 31.7 Å². The van der Waals surface area contributed by atoms with Gasteiger partial charge < -0.3 is 10.5 Å². The lowest BCUT2D eigenvalue weighted by atomic mass is 9.97. The Bertz CT molecular complexity index is 389. The van der Waals surface area contributed by atoms with Crippen molar-refractivity contribution in [2.75, 3.05) is 0 Å². The molecule has 0 aliphatic heterocycles. The monoisotopic (exact) mass is 235 g/mol. The number of hydrogen-bond acceptors (Lipinski definition) is 3. The molecule has 0 radical (unpaired) electrons. The van der Waals surface area contributed by atoms with Crippen molar-refractivity contribution in [1.29, 1.82) is 0 Å². The fourth-order valence-electron chi connectivity index (χ4n) is 1.54. The van der Waals surface area contributed by atoms with Gasteiger partial charge in [-0.2, -0.15) is 0 Å². The predicted octanol–water partition coefficient (Wildman–Crippen LogP) is 1.60. The van der Waals surface area contributed by atoms with E-state index in [1.165, 1.54) is 6.92 Å². The molecule has 0 heterocycles. The molecule has 1 amide bonds. The van der Waals surface area contributed by atoms with Gasteiger partial charge in [-0.3, -0.25) is 9.59 Å². The van der Waals surface area contributed by atoms with Crippen LogP contribution in [0.25, 0.3) is 0 Å². The van der Waals surface area contributed by atoms with Crippen LogP contribution in [0.15, 0.2) is 30.3 Å². The molecule has 0 fully saturated rings. The first kappa shape index (κ1) is 13.2. The van der Waals surface area contributed by atoms with E-state index in [0.717, 1.165) is 5.56 Å². The van der Waals surface area contributed by atoms with E-state index in [9.17, 15) is 9.59 Å². The molecular formula is C13H17NO3. The molecule has 0 aromatic heterocycles. The number of amides is 1.